The van der Waals surface area contributed by atoms with Crippen LogP contribution in [-0.2, 0) is 0 Å². The Kier molecular flexibility index (Phi) is 3.17. The molecule has 74 valence electrons. The first kappa shape index (κ1) is 10.8. The van der Waals surface area contributed by atoms with Crippen molar-refractivity contribution < 1.29 is 24.0 Å². The van der Waals surface area contributed by atoms with Crippen LogP contribution in [0.5, 0.6) is 0 Å². The number of halogens is 1. The molecule has 1 heterocycles. The third-order valence-corrected chi connectivity index (χ3v) is 3.55. The lowest BCUT2D eigenvalue weighted by molar-refractivity contribution is -0.00000254. The molecule has 0 spiro atoms. The van der Waals surface area contributed by atoms with Crippen molar-refractivity contribution in [3.8, 4) is 0 Å². The van der Waals surface area contributed by atoms with Crippen molar-refractivity contribution in [1.82, 2.24) is 0 Å². The maximum absolute atomic E-state index is 2.25. The molecule has 0 nitrogen and oxygen atoms in total. The Morgan fingerprint density at radius 3 is 1.67 bits per heavy atom. The second-order valence-corrected chi connectivity index (χ2v) is 4.41. The summed E-state index contributed by atoms with van der Waals surface area (Å²) in [6, 6.07) is 19.3. The fourth-order valence-corrected chi connectivity index (χ4v) is 2.69. The van der Waals surface area contributed by atoms with Gasteiger partial charge in [-0.3, -0.25) is 0 Å². The first-order chi connectivity index (χ1) is 6.93. The third-order valence-electron chi connectivity index (χ3n) is 2.37. The van der Waals surface area contributed by atoms with Gasteiger partial charge in [0.1, 0.15) is 0 Å². The lowest BCUT2D eigenvalue weighted by atomic mass is 10.2. The van der Waals surface area contributed by atoms with Crippen molar-refractivity contribution in [2.24, 2.45) is 0 Å². The molecule has 0 aliphatic heterocycles. The fourth-order valence-electron chi connectivity index (χ4n) is 1.67. The quantitative estimate of drug-likeness (QED) is 0.333. The van der Waals surface area contributed by atoms with Gasteiger partial charge in [0, 0.05) is 22.9 Å². The standard InChI is InChI=1S/C13H9S.HI/c1-3-7-12-10(5-1)9-11-6-2-4-8-13(11)14-12;/h1-9H;1H/q+1;/p-1. The summed E-state index contributed by atoms with van der Waals surface area (Å²) in [6.07, 6.45) is 0. The lowest BCUT2D eigenvalue weighted by Gasteiger charge is -1.90. The number of hydrogen-bond donors (Lipinski definition) is 0. The average Bonchev–Trinajstić information content (AvgIpc) is 2.26. The minimum absolute atomic E-state index is 0. The molecule has 0 saturated heterocycles. The first-order valence-corrected chi connectivity index (χ1v) is 5.46. The molecule has 0 radical (unpaired) electrons. The predicted molar refractivity (Wildman–Crippen MR) is 63.7 cm³/mol. The summed E-state index contributed by atoms with van der Waals surface area (Å²) in [5.41, 5.74) is 0. The summed E-state index contributed by atoms with van der Waals surface area (Å²) < 4.78 is 2.71. The van der Waals surface area contributed by atoms with E-state index in [2.05, 4.69) is 54.6 Å². The van der Waals surface area contributed by atoms with Gasteiger partial charge in [0.25, 0.3) is 0 Å². The zero-order valence-electron chi connectivity index (χ0n) is 7.98. The summed E-state index contributed by atoms with van der Waals surface area (Å²) in [4.78, 5) is 0. The molecule has 0 aliphatic rings. The van der Waals surface area contributed by atoms with Gasteiger partial charge in [-0.2, -0.15) is 0 Å². The molecule has 2 aromatic carbocycles. The maximum Gasteiger partial charge on any atom is 0.238 e. The Hall–Kier alpha value is -0.740. The summed E-state index contributed by atoms with van der Waals surface area (Å²) >= 11 is 1.85. The monoisotopic (exact) mass is 324 g/mol. The highest BCUT2D eigenvalue weighted by Gasteiger charge is 2.08. The molecule has 2 heteroatoms. The predicted octanol–water partition coefficient (Wildman–Crippen LogP) is 1.34. The molecule has 15 heavy (non-hydrogen) atoms. The smallest absolute Gasteiger partial charge is 0.238 e. The second-order valence-electron chi connectivity index (χ2n) is 3.32. The van der Waals surface area contributed by atoms with E-state index in [9.17, 15) is 0 Å². The summed E-state index contributed by atoms with van der Waals surface area (Å²) in [6.45, 7) is 0. The molecular formula is C13H9IS. The average molecular weight is 324 g/mol. The van der Waals surface area contributed by atoms with E-state index in [1.807, 2.05) is 11.3 Å². The molecule has 1 aromatic heterocycles. The molecule has 0 unspecified atom stereocenters. The molecule has 0 N–H and O–H groups in total. The molecule has 3 rings (SSSR count). The molecule has 0 atom stereocenters. The zero-order valence-corrected chi connectivity index (χ0v) is 11.0. The Balaban J connectivity index is 0.000000853. The normalized spacial score (nSPS) is 10.1. The van der Waals surface area contributed by atoms with Crippen LogP contribution < -0.4 is 24.0 Å². The second kappa shape index (κ2) is 4.41. The highest BCUT2D eigenvalue weighted by atomic mass is 127. The van der Waals surface area contributed by atoms with Gasteiger partial charge in [-0.15, -0.1) is 0 Å². The van der Waals surface area contributed by atoms with Gasteiger partial charge >= 0.3 is 0 Å². The molecule has 0 bridgehead atoms. The van der Waals surface area contributed by atoms with E-state index in [-0.39, 0.29) is 24.0 Å². The SMILES string of the molecule is [I-].c1ccc2[s+]c3ccccc3cc2c1. The third kappa shape index (κ3) is 1.96. The lowest BCUT2D eigenvalue weighted by Crippen LogP contribution is -3.00. The van der Waals surface area contributed by atoms with Crippen molar-refractivity contribution in [2.75, 3.05) is 0 Å². The van der Waals surface area contributed by atoms with Crippen molar-refractivity contribution in [1.29, 1.82) is 0 Å². The van der Waals surface area contributed by atoms with Crippen LogP contribution in [0.15, 0.2) is 54.6 Å². The molecule has 0 saturated carbocycles. The van der Waals surface area contributed by atoms with Crippen molar-refractivity contribution >= 4 is 31.5 Å². The Morgan fingerprint density at radius 2 is 1.13 bits per heavy atom. The van der Waals surface area contributed by atoms with Crippen LogP contribution in [0.3, 0.4) is 0 Å². The molecule has 0 fully saturated rings. The van der Waals surface area contributed by atoms with Crippen LogP contribution in [0.25, 0.3) is 20.2 Å². The van der Waals surface area contributed by atoms with Gasteiger partial charge in [0.15, 0.2) is 0 Å². The molecular weight excluding hydrogens is 315 g/mol. The van der Waals surface area contributed by atoms with E-state index in [4.69, 9.17) is 0 Å². The highest BCUT2D eigenvalue weighted by Crippen LogP contribution is 2.27. The summed E-state index contributed by atoms with van der Waals surface area (Å²) in [5.74, 6) is 0. The van der Waals surface area contributed by atoms with Gasteiger partial charge in [0.2, 0.25) is 20.7 Å². The fraction of sp³-hybridized carbons (Fsp3) is 0. The van der Waals surface area contributed by atoms with Gasteiger partial charge in [-0.05, 0) is 18.2 Å². The number of hydrogen-bond acceptors (Lipinski definition) is 0. The van der Waals surface area contributed by atoms with Gasteiger partial charge in [-0.1, -0.05) is 24.3 Å². The van der Waals surface area contributed by atoms with Crippen molar-refractivity contribution in [3.05, 3.63) is 54.6 Å². The minimum Gasteiger partial charge on any atom is -1.00 e. The largest absolute Gasteiger partial charge is 1.00 e. The van der Waals surface area contributed by atoms with Crippen LogP contribution in [0, 0.1) is 0 Å². The maximum atomic E-state index is 2.25. The van der Waals surface area contributed by atoms with Gasteiger partial charge in [0.05, 0.1) is 0 Å². The molecule has 0 amide bonds. The number of benzene rings is 2. The van der Waals surface area contributed by atoms with Crippen LogP contribution >= 0.6 is 11.3 Å². The minimum atomic E-state index is 0. The van der Waals surface area contributed by atoms with E-state index >= 15 is 0 Å². The Bertz CT molecular complexity index is 499. The zero-order chi connectivity index (χ0) is 9.38. The first-order valence-electron chi connectivity index (χ1n) is 4.64. The summed E-state index contributed by atoms with van der Waals surface area (Å²) in [7, 11) is 0. The highest BCUT2D eigenvalue weighted by molar-refractivity contribution is 7.24. The number of rotatable bonds is 0. The van der Waals surface area contributed by atoms with Crippen LogP contribution in [-0.4, -0.2) is 0 Å². The van der Waals surface area contributed by atoms with Crippen molar-refractivity contribution in [3.63, 3.8) is 0 Å². The van der Waals surface area contributed by atoms with Gasteiger partial charge in [-0.25, -0.2) is 0 Å². The van der Waals surface area contributed by atoms with E-state index < -0.39 is 0 Å². The van der Waals surface area contributed by atoms with Crippen LogP contribution in [0.2, 0.25) is 0 Å². The number of fused-ring (bicyclic) bond motifs is 2. The van der Waals surface area contributed by atoms with E-state index in [0.29, 0.717) is 0 Å². The van der Waals surface area contributed by atoms with Crippen molar-refractivity contribution in [2.45, 2.75) is 0 Å². The van der Waals surface area contributed by atoms with Crippen LogP contribution in [0.1, 0.15) is 0 Å². The van der Waals surface area contributed by atoms with Gasteiger partial charge < -0.3 is 24.0 Å². The summed E-state index contributed by atoms with van der Waals surface area (Å²) in [5, 5.41) is 2.66. The Labute approximate surface area is 110 Å². The Morgan fingerprint density at radius 1 is 0.667 bits per heavy atom. The van der Waals surface area contributed by atoms with Crippen LogP contribution in [0.4, 0.5) is 0 Å². The van der Waals surface area contributed by atoms with E-state index in [0.717, 1.165) is 0 Å². The van der Waals surface area contributed by atoms with E-state index in [1.165, 1.54) is 20.2 Å². The molecule has 3 aromatic rings. The van der Waals surface area contributed by atoms with E-state index in [1.54, 1.807) is 0 Å². The topological polar surface area (TPSA) is 0 Å². The molecule has 0 aliphatic carbocycles.